The fraction of sp³-hybridized carbons (Fsp3) is 0.304. The Morgan fingerprint density at radius 3 is 2.67 bits per heavy atom. The van der Waals surface area contributed by atoms with Crippen molar-refractivity contribution in [1.82, 2.24) is 20.1 Å². The molecule has 3 aromatic rings. The maximum absolute atomic E-state index is 12.4. The van der Waals surface area contributed by atoms with Gasteiger partial charge in [-0.3, -0.25) is 10.1 Å². The van der Waals surface area contributed by atoms with Gasteiger partial charge in [0.2, 0.25) is 5.91 Å². The molecule has 1 aromatic heterocycles. The number of amides is 3. The minimum atomic E-state index is -0.576. The number of nitrogens with one attached hydrogen (secondary N) is 2. The molecule has 3 amide bonds. The topological polar surface area (TPSA) is 98.1 Å². The number of aryl methyl sites for hydroxylation is 1. The predicted octanol–water partition coefficient (Wildman–Crippen LogP) is 4.69. The second kappa shape index (κ2) is 11.8. The molecule has 0 saturated carbocycles. The number of urea groups is 1. The number of hydrogen-bond acceptors (Lipinski definition) is 6. The molecule has 0 radical (unpaired) electrons. The molecular formula is C23H26ClN5O3S. The van der Waals surface area contributed by atoms with Gasteiger partial charge < -0.3 is 14.6 Å². The van der Waals surface area contributed by atoms with Crippen molar-refractivity contribution in [3.8, 4) is 11.4 Å². The molecule has 3 rings (SSSR count). The van der Waals surface area contributed by atoms with Crippen LogP contribution in [0.4, 0.5) is 10.5 Å². The fourth-order valence-electron chi connectivity index (χ4n) is 3.14. The summed E-state index contributed by atoms with van der Waals surface area (Å²) < 4.78 is 7.07. The van der Waals surface area contributed by atoms with Gasteiger partial charge in [0, 0.05) is 31.5 Å². The lowest BCUT2D eigenvalue weighted by molar-refractivity contribution is -0.117. The lowest BCUT2D eigenvalue weighted by Crippen LogP contribution is -2.35. The van der Waals surface area contributed by atoms with E-state index >= 15 is 0 Å². The summed E-state index contributed by atoms with van der Waals surface area (Å²) in [6.45, 7) is 5.04. The highest BCUT2D eigenvalue weighted by Gasteiger charge is 2.18. The number of rotatable bonds is 9. The average molecular weight is 488 g/mol. The quantitative estimate of drug-likeness (QED) is 0.335. The molecule has 0 saturated heterocycles. The van der Waals surface area contributed by atoms with Crippen molar-refractivity contribution in [2.45, 2.75) is 32.0 Å². The van der Waals surface area contributed by atoms with E-state index in [9.17, 15) is 9.59 Å². The van der Waals surface area contributed by atoms with Gasteiger partial charge in [0.25, 0.3) is 0 Å². The van der Waals surface area contributed by atoms with Crippen LogP contribution in [0, 0.1) is 13.8 Å². The van der Waals surface area contributed by atoms with Gasteiger partial charge in [0.05, 0.1) is 10.8 Å². The number of carbonyl (C=O) groups is 2. The summed E-state index contributed by atoms with van der Waals surface area (Å²) in [5, 5.41) is 14.7. The molecule has 2 N–H and O–H groups in total. The number of benzene rings is 2. The van der Waals surface area contributed by atoms with E-state index in [4.69, 9.17) is 16.3 Å². The van der Waals surface area contributed by atoms with Gasteiger partial charge in [-0.25, -0.2) is 4.79 Å². The van der Waals surface area contributed by atoms with Crippen molar-refractivity contribution >= 4 is 41.0 Å². The number of aromatic nitrogens is 3. The minimum absolute atomic E-state index is 0.00511. The minimum Gasteiger partial charge on any atom is -0.385 e. The van der Waals surface area contributed by atoms with Crippen LogP contribution in [-0.2, 0) is 16.1 Å². The molecule has 0 aliphatic carbocycles. The van der Waals surface area contributed by atoms with Crippen LogP contribution in [0.5, 0.6) is 0 Å². The molecule has 2 aromatic carbocycles. The number of methoxy groups -OCH3 is 1. The third kappa shape index (κ3) is 6.56. The number of nitrogens with zero attached hydrogens (tertiary/aromatic N) is 3. The Labute approximate surface area is 202 Å². The summed E-state index contributed by atoms with van der Waals surface area (Å²) in [5.74, 6) is 0.186. The van der Waals surface area contributed by atoms with Crippen molar-refractivity contribution in [1.29, 1.82) is 0 Å². The molecule has 0 spiro atoms. The largest absolute Gasteiger partial charge is 0.385 e. The van der Waals surface area contributed by atoms with Crippen molar-refractivity contribution in [3.05, 3.63) is 58.6 Å². The van der Waals surface area contributed by atoms with E-state index in [0.717, 1.165) is 23.1 Å². The fourth-order valence-corrected chi connectivity index (χ4v) is 4.12. The summed E-state index contributed by atoms with van der Waals surface area (Å²) >= 11 is 7.55. The Morgan fingerprint density at radius 1 is 1.12 bits per heavy atom. The predicted molar refractivity (Wildman–Crippen MR) is 131 cm³/mol. The Kier molecular flexibility index (Phi) is 8.87. The highest BCUT2D eigenvalue weighted by Crippen LogP contribution is 2.29. The number of halogens is 1. The van der Waals surface area contributed by atoms with Crippen LogP contribution < -0.4 is 10.6 Å². The molecule has 10 heteroatoms. The molecular weight excluding hydrogens is 462 g/mol. The number of thioether (sulfide) groups is 1. The van der Waals surface area contributed by atoms with Crippen LogP contribution in [0.15, 0.2) is 47.6 Å². The Morgan fingerprint density at radius 2 is 1.91 bits per heavy atom. The molecule has 0 atom stereocenters. The van der Waals surface area contributed by atoms with Gasteiger partial charge in [0.1, 0.15) is 0 Å². The lowest BCUT2D eigenvalue weighted by Gasteiger charge is -2.12. The molecule has 0 unspecified atom stereocenters. The van der Waals surface area contributed by atoms with Crippen molar-refractivity contribution < 1.29 is 14.3 Å². The highest BCUT2D eigenvalue weighted by molar-refractivity contribution is 7.99. The summed E-state index contributed by atoms with van der Waals surface area (Å²) in [5.41, 5.74) is 3.42. The number of imide groups is 1. The Balaban J connectivity index is 1.66. The first kappa shape index (κ1) is 24.8. The smallest absolute Gasteiger partial charge is 0.325 e. The van der Waals surface area contributed by atoms with Crippen LogP contribution >= 0.6 is 23.4 Å². The molecule has 0 aliphatic heterocycles. The first-order valence-corrected chi connectivity index (χ1v) is 11.7. The monoisotopic (exact) mass is 487 g/mol. The Bertz CT molecular complexity index is 1140. The SMILES string of the molecule is COCCCn1c(SCC(=O)NC(=O)Nc2cccc(C)c2C)nnc1-c1ccccc1Cl. The van der Waals surface area contributed by atoms with E-state index in [-0.39, 0.29) is 5.75 Å². The lowest BCUT2D eigenvalue weighted by atomic mass is 10.1. The maximum atomic E-state index is 12.4. The van der Waals surface area contributed by atoms with Crippen LogP contribution in [0.3, 0.4) is 0 Å². The summed E-state index contributed by atoms with van der Waals surface area (Å²) in [6, 6.07) is 12.4. The molecule has 0 aliphatic rings. The number of anilines is 1. The molecule has 8 nitrogen and oxygen atoms in total. The van der Waals surface area contributed by atoms with Gasteiger partial charge in [-0.2, -0.15) is 0 Å². The first-order chi connectivity index (χ1) is 15.9. The van der Waals surface area contributed by atoms with Crippen molar-refractivity contribution in [2.75, 3.05) is 24.8 Å². The molecule has 174 valence electrons. The number of hydrogen-bond donors (Lipinski definition) is 2. The molecule has 0 fully saturated rings. The number of carbonyl (C=O) groups excluding carboxylic acids is 2. The van der Waals surface area contributed by atoms with Gasteiger partial charge in [-0.1, -0.05) is 47.6 Å². The third-order valence-electron chi connectivity index (χ3n) is 5.00. The zero-order chi connectivity index (χ0) is 23.8. The van der Waals surface area contributed by atoms with E-state index < -0.39 is 11.9 Å². The van der Waals surface area contributed by atoms with E-state index in [1.54, 1.807) is 19.2 Å². The maximum Gasteiger partial charge on any atom is 0.325 e. The van der Waals surface area contributed by atoms with Crippen LogP contribution in [-0.4, -0.2) is 46.2 Å². The zero-order valence-electron chi connectivity index (χ0n) is 18.7. The van der Waals surface area contributed by atoms with E-state index in [2.05, 4.69) is 20.8 Å². The van der Waals surface area contributed by atoms with E-state index in [1.807, 2.05) is 48.7 Å². The highest BCUT2D eigenvalue weighted by atomic mass is 35.5. The normalized spacial score (nSPS) is 10.8. The average Bonchev–Trinajstić information content (AvgIpc) is 3.18. The van der Waals surface area contributed by atoms with Gasteiger partial charge >= 0.3 is 6.03 Å². The zero-order valence-corrected chi connectivity index (χ0v) is 20.3. The van der Waals surface area contributed by atoms with Crippen LogP contribution in [0.1, 0.15) is 17.5 Å². The van der Waals surface area contributed by atoms with Gasteiger partial charge in [-0.15, -0.1) is 10.2 Å². The molecule has 1 heterocycles. The summed E-state index contributed by atoms with van der Waals surface area (Å²) in [6.07, 6.45) is 0.740. The third-order valence-corrected chi connectivity index (χ3v) is 6.30. The second-order valence-electron chi connectivity index (χ2n) is 7.32. The standard InChI is InChI=1S/C23H26ClN5O3S/c1-15-8-6-11-19(16(15)2)25-22(31)26-20(30)14-33-23-28-27-21(29(23)12-7-13-32-3)17-9-4-5-10-18(17)24/h4-6,8-11H,7,12-14H2,1-3H3,(H2,25,26,30,31). The molecule has 33 heavy (non-hydrogen) atoms. The first-order valence-electron chi connectivity index (χ1n) is 10.4. The Hall–Kier alpha value is -2.88. The summed E-state index contributed by atoms with van der Waals surface area (Å²) in [7, 11) is 1.64. The van der Waals surface area contributed by atoms with Crippen LogP contribution in [0.25, 0.3) is 11.4 Å². The number of ether oxygens (including phenoxy) is 1. The second-order valence-corrected chi connectivity index (χ2v) is 8.67. The van der Waals surface area contributed by atoms with E-state index in [0.29, 0.717) is 34.8 Å². The van der Waals surface area contributed by atoms with Gasteiger partial charge in [0.15, 0.2) is 11.0 Å². The van der Waals surface area contributed by atoms with E-state index in [1.165, 1.54) is 11.8 Å². The summed E-state index contributed by atoms with van der Waals surface area (Å²) in [4.78, 5) is 24.6. The molecule has 0 bridgehead atoms. The van der Waals surface area contributed by atoms with Gasteiger partial charge in [-0.05, 0) is 49.6 Å². The van der Waals surface area contributed by atoms with Crippen LogP contribution in [0.2, 0.25) is 5.02 Å². The van der Waals surface area contributed by atoms with Crippen molar-refractivity contribution in [2.24, 2.45) is 0 Å². The van der Waals surface area contributed by atoms with Crippen molar-refractivity contribution in [3.63, 3.8) is 0 Å².